The number of aliphatic carboxylic acids is 1. The van der Waals surface area contributed by atoms with E-state index in [2.05, 4.69) is 0 Å². The fourth-order valence-corrected chi connectivity index (χ4v) is 2.34. The van der Waals surface area contributed by atoms with Crippen LogP contribution in [-0.2, 0) is 4.79 Å². The Kier molecular flexibility index (Phi) is 3.94. The molecule has 20 heavy (non-hydrogen) atoms. The predicted molar refractivity (Wildman–Crippen MR) is 73.9 cm³/mol. The van der Waals surface area contributed by atoms with Gasteiger partial charge in [-0.25, -0.2) is 4.79 Å². The van der Waals surface area contributed by atoms with Gasteiger partial charge in [0.25, 0.3) is 5.91 Å². The van der Waals surface area contributed by atoms with Gasteiger partial charge >= 0.3 is 5.97 Å². The first-order valence-electron chi connectivity index (χ1n) is 6.39. The molecule has 0 aromatic heterocycles. The van der Waals surface area contributed by atoms with Crippen molar-refractivity contribution in [1.29, 1.82) is 0 Å². The number of rotatable bonds is 3. The normalized spacial score (nSPS) is 21.9. The minimum atomic E-state index is -1.08. The van der Waals surface area contributed by atoms with Crippen molar-refractivity contribution in [2.45, 2.75) is 18.6 Å². The van der Waals surface area contributed by atoms with Crippen molar-refractivity contribution in [3.8, 4) is 0 Å². The van der Waals surface area contributed by atoms with E-state index in [1.54, 1.807) is 24.3 Å². The van der Waals surface area contributed by atoms with Crippen LogP contribution in [0.25, 0.3) is 0 Å². The molecule has 0 spiro atoms. The first-order chi connectivity index (χ1) is 9.40. The van der Waals surface area contributed by atoms with E-state index in [1.807, 2.05) is 19.0 Å². The summed E-state index contributed by atoms with van der Waals surface area (Å²) in [5.74, 6) is -1.45. The number of carboxylic acids is 1. The third-order valence-electron chi connectivity index (χ3n) is 3.46. The van der Waals surface area contributed by atoms with E-state index in [9.17, 15) is 14.7 Å². The molecule has 1 aromatic rings. The smallest absolute Gasteiger partial charge is 0.326 e. The topological polar surface area (TPSA) is 81.1 Å². The first kappa shape index (κ1) is 14.3. The van der Waals surface area contributed by atoms with Gasteiger partial charge in [0.05, 0.1) is 6.10 Å². The van der Waals surface area contributed by atoms with E-state index in [4.69, 9.17) is 5.11 Å². The van der Waals surface area contributed by atoms with Gasteiger partial charge in [0.1, 0.15) is 6.04 Å². The van der Waals surface area contributed by atoms with Crippen LogP contribution in [0.4, 0.5) is 5.69 Å². The fraction of sp³-hybridized carbons (Fsp3) is 0.429. The minimum absolute atomic E-state index is 0.0607. The number of carboxylic acid groups (broad SMARTS) is 1. The number of aliphatic hydroxyl groups is 1. The summed E-state index contributed by atoms with van der Waals surface area (Å²) in [7, 11) is 3.79. The Morgan fingerprint density at radius 3 is 2.35 bits per heavy atom. The van der Waals surface area contributed by atoms with Crippen LogP contribution >= 0.6 is 0 Å². The van der Waals surface area contributed by atoms with Crippen LogP contribution in [0, 0.1) is 0 Å². The van der Waals surface area contributed by atoms with E-state index >= 15 is 0 Å². The molecular weight excluding hydrogens is 260 g/mol. The summed E-state index contributed by atoms with van der Waals surface area (Å²) in [5, 5.41) is 18.7. The van der Waals surface area contributed by atoms with Crippen LogP contribution in [0.5, 0.6) is 0 Å². The molecule has 0 aliphatic carbocycles. The zero-order valence-corrected chi connectivity index (χ0v) is 11.5. The number of hydrogen-bond donors (Lipinski definition) is 2. The van der Waals surface area contributed by atoms with Crippen molar-refractivity contribution in [2.24, 2.45) is 0 Å². The molecule has 1 saturated heterocycles. The summed E-state index contributed by atoms with van der Waals surface area (Å²) in [4.78, 5) is 26.6. The minimum Gasteiger partial charge on any atom is -0.480 e. The van der Waals surface area contributed by atoms with Crippen LogP contribution < -0.4 is 4.90 Å². The summed E-state index contributed by atoms with van der Waals surface area (Å²) in [6.07, 6.45) is -0.697. The zero-order chi connectivity index (χ0) is 14.9. The molecule has 2 rings (SSSR count). The van der Waals surface area contributed by atoms with Crippen molar-refractivity contribution >= 4 is 17.6 Å². The number of anilines is 1. The summed E-state index contributed by atoms with van der Waals surface area (Å²) >= 11 is 0. The number of β-amino-alcohol motifs (C(OH)–C–C–N with tert-alkyl or cyclic N) is 1. The van der Waals surface area contributed by atoms with Crippen LogP contribution in [0.3, 0.4) is 0 Å². The number of carbonyl (C=O) groups is 2. The van der Waals surface area contributed by atoms with Gasteiger partial charge in [-0.05, 0) is 24.3 Å². The molecule has 1 fully saturated rings. The number of amides is 1. The average molecular weight is 278 g/mol. The van der Waals surface area contributed by atoms with Gasteiger partial charge in [-0.15, -0.1) is 0 Å². The maximum atomic E-state index is 12.3. The predicted octanol–water partition coefficient (Wildman–Crippen LogP) is 0.413. The highest BCUT2D eigenvalue weighted by Gasteiger charge is 2.39. The van der Waals surface area contributed by atoms with Crippen molar-refractivity contribution in [3.05, 3.63) is 29.8 Å². The highest BCUT2D eigenvalue weighted by molar-refractivity contribution is 5.97. The van der Waals surface area contributed by atoms with Gasteiger partial charge < -0.3 is 20.0 Å². The summed E-state index contributed by atoms with van der Waals surface area (Å²) in [6, 6.07) is 5.99. The summed E-state index contributed by atoms with van der Waals surface area (Å²) in [5.41, 5.74) is 1.38. The monoisotopic (exact) mass is 278 g/mol. The Bertz CT molecular complexity index is 512. The van der Waals surface area contributed by atoms with E-state index in [0.717, 1.165) is 5.69 Å². The van der Waals surface area contributed by atoms with Gasteiger partial charge in [0.2, 0.25) is 0 Å². The third kappa shape index (κ3) is 2.75. The maximum Gasteiger partial charge on any atom is 0.326 e. The Balaban J connectivity index is 2.20. The molecule has 1 aromatic carbocycles. The third-order valence-corrected chi connectivity index (χ3v) is 3.46. The molecule has 0 bridgehead atoms. The van der Waals surface area contributed by atoms with E-state index < -0.39 is 18.1 Å². The Morgan fingerprint density at radius 1 is 1.25 bits per heavy atom. The number of hydrogen-bond acceptors (Lipinski definition) is 4. The van der Waals surface area contributed by atoms with Gasteiger partial charge in [0.15, 0.2) is 0 Å². The zero-order valence-electron chi connectivity index (χ0n) is 11.5. The van der Waals surface area contributed by atoms with Crippen molar-refractivity contribution < 1.29 is 19.8 Å². The molecule has 6 nitrogen and oxygen atoms in total. The molecule has 2 atom stereocenters. The largest absolute Gasteiger partial charge is 0.480 e. The van der Waals surface area contributed by atoms with E-state index in [1.165, 1.54) is 4.90 Å². The van der Waals surface area contributed by atoms with E-state index in [0.29, 0.717) is 5.56 Å². The number of benzene rings is 1. The van der Waals surface area contributed by atoms with Crippen molar-refractivity contribution in [2.75, 3.05) is 25.5 Å². The second-order valence-electron chi connectivity index (χ2n) is 5.14. The summed E-state index contributed by atoms with van der Waals surface area (Å²) < 4.78 is 0. The quantitative estimate of drug-likeness (QED) is 0.837. The second kappa shape index (κ2) is 5.50. The van der Waals surface area contributed by atoms with Gasteiger partial charge in [-0.3, -0.25) is 4.79 Å². The lowest BCUT2D eigenvalue weighted by atomic mass is 10.1. The average Bonchev–Trinajstić information content (AvgIpc) is 2.80. The van der Waals surface area contributed by atoms with Crippen LogP contribution in [-0.4, -0.2) is 59.8 Å². The van der Waals surface area contributed by atoms with Crippen LogP contribution in [0.15, 0.2) is 24.3 Å². The molecule has 2 N–H and O–H groups in total. The molecule has 1 aliphatic heterocycles. The highest BCUT2D eigenvalue weighted by Crippen LogP contribution is 2.22. The number of carbonyl (C=O) groups excluding carboxylic acids is 1. The Hall–Kier alpha value is -2.08. The number of aliphatic hydroxyl groups excluding tert-OH is 1. The van der Waals surface area contributed by atoms with E-state index in [-0.39, 0.29) is 18.9 Å². The molecule has 0 unspecified atom stereocenters. The highest BCUT2D eigenvalue weighted by atomic mass is 16.4. The van der Waals surface area contributed by atoms with Crippen LogP contribution in [0.1, 0.15) is 16.8 Å². The molecule has 0 radical (unpaired) electrons. The van der Waals surface area contributed by atoms with Gasteiger partial charge in [-0.1, -0.05) is 0 Å². The first-order valence-corrected chi connectivity index (χ1v) is 6.39. The number of likely N-dealkylation sites (tertiary alicyclic amines) is 1. The molecule has 6 heteroatoms. The molecule has 0 saturated carbocycles. The molecule has 1 amide bonds. The van der Waals surface area contributed by atoms with Gasteiger partial charge in [0, 0.05) is 38.3 Å². The molecule has 1 aliphatic rings. The lowest BCUT2D eigenvalue weighted by Gasteiger charge is -2.21. The molecular formula is C14H18N2O4. The van der Waals surface area contributed by atoms with Gasteiger partial charge in [-0.2, -0.15) is 0 Å². The molecule has 1 heterocycles. The Labute approximate surface area is 117 Å². The summed E-state index contributed by atoms with van der Waals surface area (Å²) in [6.45, 7) is 0.0607. The standard InChI is InChI=1S/C14H18N2O4/c1-15(2)10-5-3-9(4-6-10)13(18)16-8-11(17)7-12(16)14(19)20/h3-6,11-12,17H,7-8H2,1-2H3,(H,19,20)/t11-,12+/m1/s1. The maximum absolute atomic E-state index is 12.3. The van der Waals surface area contributed by atoms with Crippen molar-refractivity contribution in [3.63, 3.8) is 0 Å². The SMILES string of the molecule is CN(C)c1ccc(C(=O)N2C[C@H](O)C[C@H]2C(=O)O)cc1. The molecule has 108 valence electrons. The number of nitrogens with zero attached hydrogens (tertiary/aromatic N) is 2. The fourth-order valence-electron chi connectivity index (χ4n) is 2.34. The van der Waals surface area contributed by atoms with Crippen LogP contribution in [0.2, 0.25) is 0 Å². The van der Waals surface area contributed by atoms with Crippen molar-refractivity contribution in [1.82, 2.24) is 4.90 Å². The second-order valence-corrected chi connectivity index (χ2v) is 5.14. The lowest BCUT2D eigenvalue weighted by molar-refractivity contribution is -0.141. The Morgan fingerprint density at radius 2 is 1.85 bits per heavy atom. The lowest BCUT2D eigenvalue weighted by Crippen LogP contribution is -2.40.